The molecule has 0 radical (unpaired) electrons. The van der Waals surface area contributed by atoms with Crippen LogP contribution >= 0.6 is 0 Å². The van der Waals surface area contributed by atoms with Crippen LogP contribution in [-0.2, 0) is 14.0 Å². The van der Waals surface area contributed by atoms with Crippen molar-refractivity contribution in [3.63, 3.8) is 0 Å². The van der Waals surface area contributed by atoms with Gasteiger partial charge in [-0.25, -0.2) is 0 Å². The molecule has 0 aliphatic rings. The monoisotopic (exact) mass is 191 g/mol. The van der Waals surface area contributed by atoms with Gasteiger partial charge in [0.1, 0.15) is 6.04 Å². The van der Waals surface area contributed by atoms with Gasteiger partial charge in [-0.2, -0.15) is 0 Å². The van der Waals surface area contributed by atoms with Crippen LogP contribution < -0.4 is 5.73 Å². The van der Waals surface area contributed by atoms with Crippen molar-refractivity contribution in [3.05, 3.63) is 0 Å². The molecule has 0 fully saturated rings. The molecule has 0 aliphatic carbocycles. The van der Waals surface area contributed by atoms with E-state index in [-0.39, 0.29) is 12.6 Å². The lowest BCUT2D eigenvalue weighted by atomic mass is 10.3. The Morgan fingerprint density at radius 2 is 2.00 bits per heavy atom. The SMILES string of the molecule is COC[C@@H](N)C(=O)O[Si](C)(C)C. The molecule has 0 bridgehead atoms. The van der Waals surface area contributed by atoms with E-state index in [1.807, 2.05) is 19.6 Å². The van der Waals surface area contributed by atoms with Gasteiger partial charge in [-0.1, -0.05) is 0 Å². The number of hydrogen-bond donors (Lipinski definition) is 1. The minimum atomic E-state index is -1.80. The number of nitrogens with two attached hydrogens (primary N) is 1. The van der Waals surface area contributed by atoms with Crippen LogP contribution in [0.3, 0.4) is 0 Å². The third kappa shape index (κ3) is 5.28. The Kier molecular flexibility index (Phi) is 4.44. The summed E-state index contributed by atoms with van der Waals surface area (Å²) in [5.74, 6) is -0.365. The fourth-order valence-electron chi connectivity index (χ4n) is 0.625. The number of hydrogen-bond acceptors (Lipinski definition) is 4. The highest BCUT2D eigenvalue weighted by Gasteiger charge is 2.23. The molecule has 4 nitrogen and oxygen atoms in total. The summed E-state index contributed by atoms with van der Waals surface area (Å²) in [5.41, 5.74) is 5.46. The van der Waals surface area contributed by atoms with Crippen molar-refractivity contribution < 1.29 is 14.0 Å². The third-order valence-corrected chi connectivity index (χ3v) is 1.87. The summed E-state index contributed by atoms with van der Waals surface area (Å²) in [4.78, 5) is 11.2. The number of carbonyl (C=O) groups is 1. The van der Waals surface area contributed by atoms with Gasteiger partial charge in [-0.05, 0) is 19.6 Å². The molecule has 0 saturated heterocycles. The minimum Gasteiger partial charge on any atom is -0.519 e. The molecule has 12 heavy (non-hydrogen) atoms. The van der Waals surface area contributed by atoms with Gasteiger partial charge in [0.15, 0.2) is 0 Å². The Bertz CT molecular complexity index is 155. The molecule has 0 rings (SSSR count). The van der Waals surface area contributed by atoms with E-state index in [1.165, 1.54) is 7.11 Å². The Morgan fingerprint density at radius 3 is 2.33 bits per heavy atom. The van der Waals surface area contributed by atoms with Crippen LogP contribution in [0, 0.1) is 0 Å². The standard InChI is InChI=1S/C7H17NO3Si/c1-10-5-6(8)7(9)11-12(2,3)4/h6H,5,8H2,1-4H3/t6-/m1/s1. The fraction of sp³-hybridized carbons (Fsp3) is 0.857. The second-order valence-corrected chi connectivity index (χ2v) is 8.02. The van der Waals surface area contributed by atoms with Crippen molar-refractivity contribution in [2.45, 2.75) is 25.7 Å². The average Bonchev–Trinajstić information content (AvgIpc) is 1.84. The van der Waals surface area contributed by atoms with E-state index in [9.17, 15) is 4.79 Å². The highest BCUT2D eigenvalue weighted by atomic mass is 28.4. The molecule has 0 heterocycles. The fourth-order valence-corrected chi connectivity index (χ4v) is 1.38. The molecule has 1 atom stereocenters. The second-order valence-electron chi connectivity index (χ2n) is 3.60. The summed E-state index contributed by atoms with van der Waals surface area (Å²) >= 11 is 0. The van der Waals surface area contributed by atoms with Gasteiger partial charge in [0, 0.05) is 7.11 Å². The van der Waals surface area contributed by atoms with Gasteiger partial charge in [0.2, 0.25) is 8.32 Å². The van der Waals surface area contributed by atoms with Gasteiger partial charge >= 0.3 is 5.97 Å². The van der Waals surface area contributed by atoms with Crippen molar-refractivity contribution in [2.75, 3.05) is 13.7 Å². The molecule has 0 aliphatic heterocycles. The van der Waals surface area contributed by atoms with Crippen LogP contribution in [-0.4, -0.2) is 34.0 Å². The van der Waals surface area contributed by atoms with Gasteiger partial charge in [-0.15, -0.1) is 0 Å². The molecule has 0 amide bonds. The first kappa shape index (κ1) is 11.6. The van der Waals surface area contributed by atoms with Crippen LogP contribution in [0.5, 0.6) is 0 Å². The van der Waals surface area contributed by atoms with Gasteiger partial charge < -0.3 is 14.9 Å². The molecule has 0 unspecified atom stereocenters. The van der Waals surface area contributed by atoms with E-state index >= 15 is 0 Å². The molecule has 72 valence electrons. The van der Waals surface area contributed by atoms with Crippen LogP contribution in [0.2, 0.25) is 19.6 Å². The minimum absolute atomic E-state index is 0.212. The number of carbonyl (C=O) groups excluding carboxylic acids is 1. The first-order valence-corrected chi connectivity index (χ1v) is 7.25. The Hall–Kier alpha value is -0.393. The predicted molar refractivity (Wildman–Crippen MR) is 49.3 cm³/mol. The van der Waals surface area contributed by atoms with Gasteiger partial charge in [0.25, 0.3) is 0 Å². The molecule has 0 aromatic carbocycles. The maximum absolute atomic E-state index is 11.2. The van der Waals surface area contributed by atoms with E-state index in [4.69, 9.17) is 14.9 Å². The summed E-state index contributed by atoms with van der Waals surface area (Å²) in [6.45, 7) is 6.02. The van der Waals surface area contributed by atoms with E-state index in [0.29, 0.717) is 0 Å². The molecule has 2 N–H and O–H groups in total. The lowest BCUT2D eigenvalue weighted by molar-refractivity contribution is -0.137. The topological polar surface area (TPSA) is 61.5 Å². The molecule has 0 aromatic rings. The predicted octanol–water partition coefficient (Wildman–Crippen LogP) is 0.338. The Morgan fingerprint density at radius 1 is 1.50 bits per heavy atom. The lowest BCUT2D eigenvalue weighted by Crippen LogP contribution is -2.42. The largest absolute Gasteiger partial charge is 0.519 e. The zero-order chi connectivity index (χ0) is 9.78. The van der Waals surface area contributed by atoms with Crippen molar-refractivity contribution in [2.24, 2.45) is 5.73 Å². The number of ether oxygens (including phenoxy) is 1. The molecule has 0 aromatic heterocycles. The number of methoxy groups -OCH3 is 1. The summed E-state index contributed by atoms with van der Waals surface area (Å²) in [5, 5.41) is 0. The molecule has 0 saturated carbocycles. The van der Waals surface area contributed by atoms with Crippen LogP contribution in [0.25, 0.3) is 0 Å². The zero-order valence-electron chi connectivity index (χ0n) is 8.09. The van der Waals surface area contributed by atoms with Gasteiger partial charge in [0.05, 0.1) is 6.61 Å². The van der Waals surface area contributed by atoms with Crippen molar-refractivity contribution in [1.29, 1.82) is 0 Å². The van der Waals surface area contributed by atoms with Crippen LogP contribution in [0.4, 0.5) is 0 Å². The highest BCUT2D eigenvalue weighted by Crippen LogP contribution is 2.03. The van der Waals surface area contributed by atoms with E-state index in [1.54, 1.807) is 0 Å². The maximum Gasteiger partial charge on any atom is 0.312 e. The van der Waals surface area contributed by atoms with Crippen LogP contribution in [0.1, 0.15) is 0 Å². The second kappa shape index (κ2) is 4.59. The Balaban J connectivity index is 3.87. The molecule has 0 spiro atoms. The summed E-state index contributed by atoms with van der Waals surface area (Å²) in [6.07, 6.45) is 0. The first-order chi connectivity index (χ1) is 5.37. The quantitative estimate of drug-likeness (QED) is 0.651. The maximum atomic E-state index is 11.2. The normalized spacial score (nSPS) is 14.1. The summed E-state index contributed by atoms with van der Waals surface area (Å²) in [7, 11) is -0.296. The lowest BCUT2D eigenvalue weighted by Gasteiger charge is -2.19. The molecular formula is C7H17NO3Si. The van der Waals surface area contributed by atoms with Crippen molar-refractivity contribution in [1.82, 2.24) is 0 Å². The highest BCUT2D eigenvalue weighted by molar-refractivity contribution is 6.71. The summed E-state index contributed by atoms with van der Waals surface area (Å²) < 4.78 is 9.88. The molecular weight excluding hydrogens is 174 g/mol. The van der Waals surface area contributed by atoms with E-state index in [0.717, 1.165) is 0 Å². The zero-order valence-corrected chi connectivity index (χ0v) is 9.09. The average molecular weight is 191 g/mol. The van der Waals surface area contributed by atoms with Crippen molar-refractivity contribution >= 4 is 14.3 Å². The first-order valence-electron chi connectivity index (χ1n) is 3.84. The smallest absolute Gasteiger partial charge is 0.312 e. The molecule has 5 heteroatoms. The van der Waals surface area contributed by atoms with E-state index in [2.05, 4.69) is 0 Å². The van der Waals surface area contributed by atoms with Crippen molar-refractivity contribution in [3.8, 4) is 0 Å². The number of rotatable bonds is 4. The van der Waals surface area contributed by atoms with E-state index < -0.39 is 14.4 Å². The van der Waals surface area contributed by atoms with Gasteiger partial charge in [-0.3, -0.25) is 4.79 Å². The van der Waals surface area contributed by atoms with Crippen LogP contribution in [0.15, 0.2) is 0 Å². The third-order valence-electron chi connectivity index (χ3n) is 1.06. The Labute approximate surface area is 74.2 Å². The summed E-state index contributed by atoms with van der Waals surface area (Å²) in [6, 6.07) is -0.651.